The molecular formula is C15H19NO3. The predicted molar refractivity (Wildman–Crippen MR) is 68.0 cm³/mol. The van der Waals surface area contributed by atoms with Crippen LogP contribution in [0.5, 0.6) is 0 Å². The lowest BCUT2D eigenvalue weighted by atomic mass is 9.69. The van der Waals surface area contributed by atoms with Gasteiger partial charge in [0.2, 0.25) is 11.8 Å². The van der Waals surface area contributed by atoms with Gasteiger partial charge in [-0.3, -0.25) is 14.5 Å². The first kappa shape index (κ1) is 11.6. The molecule has 0 aromatic carbocycles. The van der Waals surface area contributed by atoms with Crippen LogP contribution in [0.15, 0.2) is 12.7 Å². The molecule has 4 heteroatoms. The van der Waals surface area contributed by atoms with E-state index in [2.05, 4.69) is 13.5 Å². The molecule has 0 aromatic rings. The fourth-order valence-corrected chi connectivity index (χ4v) is 5.18. The lowest BCUT2D eigenvalue weighted by Crippen LogP contribution is -2.40. The highest BCUT2D eigenvalue weighted by Crippen LogP contribution is 2.72. The van der Waals surface area contributed by atoms with Crippen molar-refractivity contribution in [1.29, 1.82) is 0 Å². The summed E-state index contributed by atoms with van der Waals surface area (Å²) in [6.45, 7) is 6.15. The zero-order valence-corrected chi connectivity index (χ0v) is 11.2. The van der Waals surface area contributed by atoms with E-state index in [1.54, 1.807) is 6.08 Å². The Morgan fingerprint density at radius 1 is 1.47 bits per heavy atom. The molecule has 4 aliphatic rings. The number of nitrogens with zero attached hydrogens (tertiary/aromatic N) is 1. The van der Waals surface area contributed by atoms with E-state index in [-0.39, 0.29) is 47.2 Å². The van der Waals surface area contributed by atoms with Crippen LogP contribution in [0.4, 0.5) is 0 Å². The maximum Gasteiger partial charge on any atom is 0.234 e. The molecule has 4 fully saturated rings. The second kappa shape index (κ2) is 3.48. The van der Waals surface area contributed by atoms with Gasteiger partial charge in [-0.15, -0.1) is 6.58 Å². The highest BCUT2D eigenvalue weighted by molar-refractivity contribution is 6.06. The number of imide groups is 1. The number of hydrogen-bond acceptors (Lipinski definition) is 3. The largest absolute Gasteiger partial charge is 0.369 e. The first-order valence-electron chi connectivity index (χ1n) is 7.27. The van der Waals surface area contributed by atoms with Gasteiger partial charge >= 0.3 is 0 Å². The van der Waals surface area contributed by atoms with Crippen LogP contribution in [0.3, 0.4) is 0 Å². The maximum atomic E-state index is 12.6. The van der Waals surface area contributed by atoms with E-state index in [0.717, 1.165) is 19.3 Å². The van der Waals surface area contributed by atoms with E-state index >= 15 is 0 Å². The molecule has 2 saturated heterocycles. The molecule has 2 bridgehead atoms. The molecule has 2 saturated carbocycles. The van der Waals surface area contributed by atoms with Gasteiger partial charge in [-0.05, 0) is 12.8 Å². The fraction of sp³-hybridized carbons (Fsp3) is 0.733. The van der Waals surface area contributed by atoms with Crippen LogP contribution in [0.25, 0.3) is 0 Å². The van der Waals surface area contributed by atoms with E-state index in [9.17, 15) is 9.59 Å². The highest BCUT2D eigenvalue weighted by Gasteiger charge is 2.79. The molecular weight excluding hydrogens is 242 g/mol. The number of epoxide rings is 1. The summed E-state index contributed by atoms with van der Waals surface area (Å²) in [6, 6.07) is 0. The molecule has 2 amide bonds. The Labute approximate surface area is 112 Å². The molecule has 0 aromatic heterocycles. The van der Waals surface area contributed by atoms with Crippen LogP contribution in [0, 0.1) is 23.2 Å². The first-order valence-corrected chi connectivity index (χ1v) is 7.27. The molecule has 102 valence electrons. The topological polar surface area (TPSA) is 49.9 Å². The Morgan fingerprint density at radius 2 is 2.26 bits per heavy atom. The van der Waals surface area contributed by atoms with Gasteiger partial charge < -0.3 is 4.74 Å². The standard InChI is InChI=1S/C15H19NO3/c1-3-5-15-7-8(11-12(15)19-11)9-10(15)14(18)16(6-4-2)13(9)17/h4,8-12H,2-3,5-7H2,1H3. The van der Waals surface area contributed by atoms with Gasteiger partial charge in [0.25, 0.3) is 0 Å². The Morgan fingerprint density at radius 3 is 2.95 bits per heavy atom. The van der Waals surface area contributed by atoms with Crippen LogP contribution in [-0.4, -0.2) is 35.5 Å². The summed E-state index contributed by atoms with van der Waals surface area (Å²) in [5, 5.41) is 0. The number of rotatable bonds is 4. The molecule has 2 aliphatic heterocycles. The lowest BCUT2D eigenvalue weighted by Gasteiger charge is -2.32. The average molecular weight is 261 g/mol. The number of likely N-dealkylation sites (tertiary alicyclic amines) is 1. The molecule has 2 aliphatic carbocycles. The van der Waals surface area contributed by atoms with E-state index in [4.69, 9.17) is 4.74 Å². The minimum absolute atomic E-state index is 0.0202. The summed E-state index contributed by atoms with van der Waals surface area (Å²) < 4.78 is 5.78. The Bertz CT molecular complexity index is 488. The molecule has 19 heavy (non-hydrogen) atoms. The summed E-state index contributed by atoms with van der Waals surface area (Å²) in [4.78, 5) is 26.5. The van der Waals surface area contributed by atoms with E-state index in [0.29, 0.717) is 6.54 Å². The third-order valence-corrected chi connectivity index (χ3v) is 5.68. The first-order chi connectivity index (χ1) is 9.15. The van der Waals surface area contributed by atoms with E-state index in [1.807, 2.05) is 0 Å². The minimum Gasteiger partial charge on any atom is -0.369 e. The zero-order valence-electron chi connectivity index (χ0n) is 11.2. The summed E-state index contributed by atoms with van der Waals surface area (Å²) in [6.07, 6.45) is 5.22. The second-order valence-corrected chi connectivity index (χ2v) is 6.45. The van der Waals surface area contributed by atoms with Gasteiger partial charge in [-0.25, -0.2) is 0 Å². The highest BCUT2D eigenvalue weighted by atomic mass is 16.6. The smallest absolute Gasteiger partial charge is 0.234 e. The summed E-state index contributed by atoms with van der Waals surface area (Å²) >= 11 is 0. The third kappa shape index (κ3) is 1.15. The van der Waals surface area contributed by atoms with Crippen molar-refractivity contribution in [2.24, 2.45) is 23.2 Å². The molecule has 4 nitrogen and oxygen atoms in total. The van der Waals surface area contributed by atoms with Crippen LogP contribution in [0.1, 0.15) is 26.2 Å². The van der Waals surface area contributed by atoms with Gasteiger partial charge in [0.1, 0.15) is 0 Å². The third-order valence-electron chi connectivity index (χ3n) is 5.68. The molecule has 0 radical (unpaired) electrons. The molecule has 0 spiro atoms. The molecule has 6 unspecified atom stereocenters. The van der Waals surface area contributed by atoms with E-state index in [1.165, 1.54) is 4.90 Å². The molecule has 2 heterocycles. The average Bonchev–Trinajstić information content (AvgIpc) is 3.00. The van der Waals surface area contributed by atoms with Gasteiger partial charge in [0.05, 0.1) is 24.0 Å². The van der Waals surface area contributed by atoms with E-state index < -0.39 is 0 Å². The predicted octanol–water partition coefficient (Wildman–Crippen LogP) is 1.36. The van der Waals surface area contributed by atoms with Crippen LogP contribution < -0.4 is 0 Å². The molecule has 6 atom stereocenters. The zero-order chi connectivity index (χ0) is 13.4. The van der Waals surface area contributed by atoms with Gasteiger partial charge in [-0.2, -0.15) is 0 Å². The summed E-state index contributed by atoms with van der Waals surface area (Å²) in [5.41, 5.74) is -0.0442. The SMILES string of the molecule is C=CCN1C(=O)C2C3CC(CCC)(C4OC34)C2C1=O. The second-order valence-electron chi connectivity index (χ2n) is 6.45. The Hall–Kier alpha value is -1.16. The quantitative estimate of drug-likeness (QED) is 0.436. The van der Waals surface area contributed by atoms with Crippen molar-refractivity contribution in [3.8, 4) is 0 Å². The maximum absolute atomic E-state index is 12.6. The number of ether oxygens (including phenoxy) is 1. The van der Waals surface area contributed by atoms with Crippen molar-refractivity contribution in [2.75, 3.05) is 6.54 Å². The Balaban J connectivity index is 1.75. The van der Waals surface area contributed by atoms with Crippen molar-refractivity contribution in [3.05, 3.63) is 12.7 Å². The number of carbonyl (C=O) groups excluding carboxylic acids is 2. The molecule has 4 rings (SSSR count). The monoisotopic (exact) mass is 261 g/mol. The number of amides is 2. The van der Waals surface area contributed by atoms with Crippen molar-refractivity contribution in [3.63, 3.8) is 0 Å². The number of carbonyl (C=O) groups is 2. The van der Waals surface area contributed by atoms with Crippen LogP contribution >= 0.6 is 0 Å². The fourth-order valence-electron chi connectivity index (χ4n) is 5.18. The van der Waals surface area contributed by atoms with Crippen molar-refractivity contribution in [2.45, 2.75) is 38.4 Å². The lowest BCUT2D eigenvalue weighted by molar-refractivity contribution is -0.141. The van der Waals surface area contributed by atoms with Crippen LogP contribution in [0.2, 0.25) is 0 Å². The van der Waals surface area contributed by atoms with Gasteiger partial charge in [0, 0.05) is 17.9 Å². The van der Waals surface area contributed by atoms with Crippen molar-refractivity contribution < 1.29 is 14.3 Å². The Kier molecular flexibility index (Phi) is 2.13. The number of fused-ring (bicyclic) bond motifs is 8. The van der Waals surface area contributed by atoms with Gasteiger partial charge in [0.15, 0.2) is 0 Å². The number of hydrogen-bond donors (Lipinski definition) is 0. The summed E-state index contributed by atoms with van der Waals surface area (Å²) in [7, 11) is 0. The molecule has 0 N–H and O–H groups in total. The van der Waals surface area contributed by atoms with Crippen molar-refractivity contribution in [1.82, 2.24) is 4.90 Å². The van der Waals surface area contributed by atoms with Gasteiger partial charge in [-0.1, -0.05) is 19.4 Å². The van der Waals surface area contributed by atoms with Crippen molar-refractivity contribution >= 4 is 11.8 Å². The summed E-state index contributed by atoms with van der Waals surface area (Å²) in [5.74, 6) is 0.107. The van der Waals surface area contributed by atoms with Crippen LogP contribution in [-0.2, 0) is 14.3 Å². The minimum atomic E-state index is -0.117. The normalized spacial score (nSPS) is 49.5.